The third-order valence-electron chi connectivity index (χ3n) is 12.7. The standard InChI is InChI=1S/4C18H15P.Ru/c4*1-4-10-16(11-5-1)19(17-12-6-2-7-13-17)18-14-8-3-9-15-18;/h4*1-15H;/p+6. The summed E-state index contributed by atoms with van der Waals surface area (Å²) in [5.74, 6) is 0. The predicted octanol–water partition coefficient (Wildman–Crippen LogP) is 12.9. The van der Waals surface area contributed by atoms with Gasteiger partial charge >= 0.3 is 2.85 Å². The van der Waals surface area contributed by atoms with Gasteiger partial charge in [0.05, 0.1) is 31.7 Å². The van der Waals surface area contributed by atoms with Gasteiger partial charge < -0.3 is 0 Å². The maximum Gasteiger partial charge on any atom is 1.00 e. The third kappa shape index (κ3) is 16.5. The van der Waals surface area contributed by atoms with Gasteiger partial charge in [-0.05, 0) is 146 Å². The monoisotopic (exact) mass is 1160 g/mol. The molecule has 0 aliphatic carbocycles. The van der Waals surface area contributed by atoms with Crippen LogP contribution in [0.2, 0.25) is 0 Å². The van der Waals surface area contributed by atoms with Crippen LogP contribution in [-0.2, 0) is 19.5 Å². The SMILES string of the molecule is [H+].[H+].[Ru].c1ccc([PH+](c2ccccc2)c2ccccc2)cc1.c1ccc([PH+](c2ccccc2)c2ccccc2)cc1.c1ccc([PH+](c2ccccc2)c2ccccc2)cc1.c1ccc([PH+](c2ccccc2)c2ccccc2)cc1. The molecule has 376 valence electrons. The van der Waals surface area contributed by atoms with Crippen molar-refractivity contribution in [3.63, 3.8) is 0 Å². The van der Waals surface area contributed by atoms with Crippen LogP contribution in [0.1, 0.15) is 2.85 Å². The Kier molecular flexibility index (Phi) is 22.8. The summed E-state index contributed by atoms with van der Waals surface area (Å²) in [6.45, 7) is 0. The largest absolute Gasteiger partial charge is 1.00 e. The third-order valence-corrected chi connectivity index (χ3v) is 23.7. The first kappa shape index (κ1) is 56.2. The van der Waals surface area contributed by atoms with Gasteiger partial charge in [-0.3, -0.25) is 0 Å². The Morgan fingerprint density at radius 3 is 0.247 bits per heavy atom. The summed E-state index contributed by atoms with van der Waals surface area (Å²) in [7, 11) is -3.51. The summed E-state index contributed by atoms with van der Waals surface area (Å²) in [5, 5.41) is 17.2. The number of hydrogen-bond donors (Lipinski definition) is 0. The fourth-order valence-corrected chi connectivity index (χ4v) is 19.6. The van der Waals surface area contributed by atoms with Gasteiger partial charge in [-0.1, -0.05) is 218 Å². The van der Waals surface area contributed by atoms with Gasteiger partial charge in [-0.15, -0.1) is 0 Å². The molecule has 0 nitrogen and oxygen atoms in total. The Balaban J connectivity index is 0.000000168. The van der Waals surface area contributed by atoms with Gasteiger partial charge in [0, 0.05) is 19.5 Å². The summed E-state index contributed by atoms with van der Waals surface area (Å²) >= 11 is 0. The van der Waals surface area contributed by atoms with E-state index >= 15 is 0 Å². The van der Waals surface area contributed by atoms with Crippen molar-refractivity contribution in [3.8, 4) is 0 Å². The summed E-state index contributed by atoms with van der Waals surface area (Å²) < 4.78 is 0. The molecule has 0 atom stereocenters. The van der Waals surface area contributed by atoms with E-state index in [-0.39, 0.29) is 22.3 Å². The first-order valence-corrected chi connectivity index (χ1v) is 31.9. The Morgan fingerprint density at radius 2 is 0.182 bits per heavy atom. The van der Waals surface area contributed by atoms with E-state index in [0.29, 0.717) is 0 Å². The average Bonchev–Trinajstić information content (AvgIpc) is 3.51. The zero-order chi connectivity index (χ0) is 51.7. The molecule has 0 bridgehead atoms. The molecule has 0 radical (unpaired) electrons. The van der Waals surface area contributed by atoms with Crippen molar-refractivity contribution < 1.29 is 22.3 Å². The second kappa shape index (κ2) is 31.3. The van der Waals surface area contributed by atoms with Gasteiger partial charge in [-0.2, -0.15) is 0 Å². The molecule has 12 aromatic carbocycles. The molecule has 77 heavy (non-hydrogen) atoms. The topological polar surface area (TPSA) is 0 Å². The predicted molar refractivity (Wildman–Crippen MR) is 348 cm³/mol. The van der Waals surface area contributed by atoms with Crippen LogP contribution in [0.25, 0.3) is 0 Å². The van der Waals surface area contributed by atoms with Crippen LogP contribution < -0.4 is 63.7 Å². The molecule has 0 saturated carbocycles. The molecule has 0 saturated heterocycles. The van der Waals surface area contributed by atoms with Crippen LogP contribution in [0.15, 0.2) is 364 Å². The first-order chi connectivity index (χ1) is 37.8. The Morgan fingerprint density at radius 1 is 0.117 bits per heavy atom. The number of hydrogen-bond acceptors (Lipinski definition) is 0. The van der Waals surface area contributed by atoms with E-state index in [4.69, 9.17) is 0 Å². The maximum absolute atomic E-state index is 2.24. The van der Waals surface area contributed by atoms with E-state index in [1.54, 1.807) is 0 Å². The normalized spacial score (nSPS) is 10.4. The van der Waals surface area contributed by atoms with E-state index in [2.05, 4.69) is 364 Å². The van der Waals surface area contributed by atoms with Gasteiger partial charge in [0.2, 0.25) is 0 Å². The van der Waals surface area contributed by atoms with Crippen molar-refractivity contribution in [1.29, 1.82) is 0 Å². The number of benzene rings is 12. The molecule has 12 aromatic rings. The molecule has 0 heterocycles. The van der Waals surface area contributed by atoms with E-state index in [0.717, 1.165) is 0 Å². The molecule has 12 rings (SSSR count). The van der Waals surface area contributed by atoms with Gasteiger partial charge in [0.1, 0.15) is 63.7 Å². The van der Waals surface area contributed by atoms with Crippen LogP contribution >= 0.6 is 31.7 Å². The maximum atomic E-state index is 2.24. The summed E-state index contributed by atoms with van der Waals surface area (Å²) in [6.07, 6.45) is 0. The summed E-state index contributed by atoms with van der Waals surface area (Å²) in [6, 6.07) is 130. The Labute approximate surface area is 478 Å². The fraction of sp³-hybridized carbons (Fsp3) is 0. The van der Waals surface area contributed by atoms with E-state index in [9.17, 15) is 0 Å². The minimum atomic E-state index is -0.877. The van der Waals surface area contributed by atoms with Crippen LogP contribution in [0, 0.1) is 0 Å². The molecule has 0 aromatic heterocycles. The molecule has 0 N–H and O–H groups in total. The number of rotatable bonds is 12. The van der Waals surface area contributed by atoms with Gasteiger partial charge in [0.25, 0.3) is 0 Å². The van der Waals surface area contributed by atoms with E-state index < -0.39 is 31.7 Å². The van der Waals surface area contributed by atoms with Crippen molar-refractivity contribution in [2.75, 3.05) is 0 Å². The molecule has 0 amide bonds. The second-order valence-corrected chi connectivity index (χ2v) is 27.8. The van der Waals surface area contributed by atoms with Crippen molar-refractivity contribution in [3.05, 3.63) is 364 Å². The van der Waals surface area contributed by atoms with Gasteiger partial charge in [0.15, 0.2) is 0 Å². The fourth-order valence-electron chi connectivity index (χ4n) is 9.26. The zero-order valence-electron chi connectivity index (χ0n) is 45.0. The molecule has 0 aliphatic heterocycles. The second-order valence-electron chi connectivity index (χ2n) is 17.9. The Hall–Kier alpha value is -7.02. The Bertz CT molecular complexity index is 2590. The van der Waals surface area contributed by atoms with Crippen molar-refractivity contribution in [2.45, 2.75) is 0 Å². The minimum Gasteiger partial charge on any atom is -0.0620 e. The molecule has 5 heteroatoms. The zero-order valence-corrected chi connectivity index (χ0v) is 48.7. The van der Waals surface area contributed by atoms with Crippen LogP contribution in [0.4, 0.5) is 0 Å². The molecule has 0 unspecified atom stereocenters. The quantitative estimate of drug-likeness (QED) is 0.0845. The summed E-state index contributed by atoms with van der Waals surface area (Å²) in [5.41, 5.74) is 0. The van der Waals surface area contributed by atoms with Gasteiger partial charge in [-0.25, -0.2) is 0 Å². The van der Waals surface area contributed by atoms with Crippen LogP contribution in [0.5, 0.6) is 0 Å². The minimum absolute atomic E-state index is 0. The van der Waals surface area contributed by atoms with Crippen molar-refractivity contribution in [2.24, 2.45) is 0 Å². The van der Waals surface area contributed by atoms with Crippen molar-refractivity contribution in [1.82, 2.24) is 0 Å². The molecular weight excluding hydrogens is 1090 g/mol. The molecular formula is C72H66P4Ru+6. The smallest absolute Gasteiger partial charge is 0.0620 e. The van der Waals surface area contributed by atoms with E-state index in [1.807, 2.05) is 0 Å². The van der Waals surface area contributed by atoms with E-state index in [1.165, 1.54) is 63.7 Å². The van der Waals surface area contributed by atoms with Crippen LogP contribution in [0.3, 0.4) is 0 Å². The molecule has 0 fully saturated rings. The molecule has 0 aliphatic rings. The molecule has 0 spiro atoms. The van der Waals surface area contributed by atoms with Crippen LogP contribution in [-0.4, -0.2) is 0 Å². The van der Waals surface area contributed by atoms with Crippen molar-refractivity contribution >= 4 is 95.3 Å². The first-order valence-electron chi connectivity index (χ1n) is 25.9. The summed E-state index contributed by atoms with van der Waals surface area (Å²) in [4.78, 5) is 0. The average molecular weight is 1160 g/mol.